The maximum absolute atomic E-state index is 12.0. The third-order valence-electron chi connectivity index (χ3n) is 3.01. The maximum Gasteiger partial charge on any atom is 0.328 e. The zero-order valence-electron chi connectivity index (χ0n) is 10.3. The van der Waals surface area contributed by atoms with Crippen molar-refractivity contribution < 1.29 is 14.7 Å². The monoisotopic (exact) mass is 249 g/mol. The summed E-state index contributed by atoms with van der Waals surface area (Å²) in [4.78, 5) is 24.8. The maximum atomic E-state index is 12.0. The van der Waals surface area contributed by atoms with Gasteiger partial charge in [-0.25, -0.2) is 9.80 Å². The predicted octanol–water partition coefficient (Wildman–Crippen LogP) is 0.781. The van der Waals surface area contributed by atoms with Gasteiger partial charge in [0.05, 0.1) is 0 Å². The molecule has 2 heterocycles. The van der Waals surface area contributed by atoms with Gasteiger partial charge in [-0.2, -0.15) is 5.10 Å². The van der Waals surface area contributed by atoms with Crippen molar-refractivity contribution in [2.75, 3.05) is 6.54 Å². The first-order chi connectivity index (χ1) is 8.54. The van der Waals surface area contributed by atoms with Crippen LogP contribution in [0.15, 0.2) is 29.0 Å². The molecular weight excluding hydrogens is 234 g/mol. The van der Waals surface area contributed by atoms with E-state index in [1.54, 1.807) is 17.9 Å². The number of carbonyl (C=O) groups excluding carboxylic acids is 1. The molecule has 0 aromatic carbocycles. The smallest absolute Gasteiger partial charge is 0.328 e. The van der Waals surface area contributed by atoms with Gasteiger partial charge in [0.2, 0.25) is 0 Å². The summed E-state index contributed by atoms with van der Waals surface area (Å²) < 4.78 is 0. The summed E-state index contributed by atoms with van der Waals surface area (Å²) in [6.07, 6.45) is 5.81. The van der Waals surface area contributed by atoms with Crippen molar-refractivity contribution in [3.8, 4) is 0 Å². The van der Waals surface area contributed by atoms with Gasteiger partial charge in [-0.05, 0) is 25.5 Å². The van der Waals surface area contributed by atoms with Gasteiger partial charge in [0, 0.05) is 5.70 Å². The molecule has 0 saturated carbocycles. The number of hydrogen-bond donors (Lipinski definition) is 1. The van der Waals surface area contributed by atoms with E-state index in [9.17, 15) is 9.59 Å². The van der Waals surface area contributed by atoms with E-state index in [0.29, 0.717) is 12.3 Å². The van der Waals surface area contributed by atoms with E-state index in [-0.39, 0.29) is 12.5 Å². The summed E-state index contributed by atoms with van der Waals surface area (Å²) in [5.41, 5.74) is 0.924. The van der Waals surface area contributed by atoms with E-state index in [4.69, 9.17) is 5.11 Å². The second-order valence-corrected chi connectivity index (χ2v) is 4.21. The largest absolute Gasteiger partial charge is 0.480 e. The fraction of sp³-hybridized carbons (Fsp3) is 0.417. The Balaban J connectivity index is 2.33. The molecule has 1 unspecified atom stereocenters. The number of amides is 1. The molecular formula is C12H15N3O3. The quantitative estimate of drug-likeness (QED) is 0.802. The zero-order chi connectivity index (χ0) is 13.3. The minimum Gasteiger partial charge on any atom is -0.480 e. The third-order valence-corrected chi connectivity index (χ3v) is 3.01. The fourth-order valence-electron chi connectivity index (χ4n) is 2.00. The van der Waals surface area contributed by atoms with Gasteiger partial charge in [0.15, 0.2) is 11.9 Å². The van der Waals surface area contributed by atoms with Crippen LogP contribution in [0.4, 0.5) is 0 Å². The van der Waals surface area contributed by atoms with E-state index in [1.165, 1.54) is 0 Å². The predicted molar refractivity (Wildman–Crippen MR) is 65.6 cm³/mol. The summed E-state index contributed by atoms with van der Waals surface area (Å²) in [5, 5.41) is 14.3. The second kappa shape index (κ2) is 4.64. The first kappa shape index (κ1) is 12.3. The Kier molecular flexibility index (Phi) is 3.18. The summed E-state index contributed by atoms with van der Waals surface area (Å²) in [5.74, 6) is -0.721. The summed E-state index contributed by atoms with van der Waals surface area (Å²) in [6.45, 7) is 3.74. The number of hydrogen-bond acceptors (Lipinski definition) is 4. The molecule has 1 N–H and O–H groups in total. The van der Waals surface area contributed by atoms with Gasteiger partial charge in [0.25, 0.3) is 5.91 Å². The van der Waals surface area contributed by atoms with Crippen LogP contribution < -0.4 is 0 Å². The van der Waals surface area contributed by atoms with Crippen LogP contribution in [0.25, 0.3) is 0 Å². The second-order valence-electron chi connectivity index (χ2n) is 4.21. The Morgan fingerprint density at radius 2 is 2.33 bits per heavy atom. The molecule has 96 valence electrons. The zero-order valence-corrected chi connectivity index (χ0v) is 10.3. The number of aliphatic carboxylic acids is 1. The highest BCUT2D eigenvalue weighted by molar-refractivity contribution is 6.01. The van der Waals surface area contributed by atoms with Crippen LogP contribution in [-0.2, 0) is 9.59 Å². The number of amidine groups is 1. The molecule has 0 bridgehead atoms. The van der Waals surface area contributed by atoms with E-state index >= 15 is 0 Å². The Hall–Kier alpha value is -2.11. The van der Waals surface area contributed by atoms with Crippen molar-refractivity contribution in [2.45, 2.75) is 26.3 Å². The van der Waals surface area contributed by atoms with Crippen LogP contribution >= 0.6 is 0 Å². The molecule has 2 aliphatic heterocycles. The molecule has 0 aromatic rings. The fourth-order valence-corrected chi connectivity index (χ4v) is 2.00. The lowest BCUT2D eigenvalue weighted by atomic mass is 10.2. The molecule has 18 heavy (non-hydrogen) atoms. The number of carbonyl (C=O) groups is 2. The Morgan fingerprint density at radius 1 is 1.61 bits per heavy atom. The van der Waals surface area contributed by atoms with E-state index < -0.39 is 12.0 Å². The van der Waals surface area contributed by atoms with Crippen LogP contribution in [0.2, 0.25) is 0 Å². The highest BCUT2D eigenvalue weighted by Gasteiger charge is 2.34. The van der Waals surface area contributed by atoms with Crippen LogP contribution in [0, 0.1) is 0 Å². The lowest BCUT2D eigenvalue weighted by Gasteiger charge is -2.35. The molecule has 0 spiro atoms. The normalized spacial score (nSPS) is 20.2. The number of nitrogens with zero attached hydrogens (tertiary/aromatic N) is 3. The van der Waals surface area contributed by atoms with Crippen LogP contribution in [0.3, 0.4) is 0 Å². The standard InChI is InChI=1S/C12H15N3O3/c1-3-9(12(17)18)15-11(16)7-14-8(2)5-4-6-10(14)13-15/h4-6,9H,3,7H2,1-2H3,(H,17,18). The summed E-state index contributed by atoms with van der Waals surface area (Å²) >= 11 is 0. The van der Waals surface area contributed by atoms with Crippen molar-refractivity contribution in [1.29, 1.82) is 0 Å². The number of fused-ring (bicyclic) bond motifs is 1. The van der Waals surface area contributed by atoms with Gasteiger partial charge >= 0.3 is 5.97 Å². The highest BCUT2D eigenvalue weighted by Crippen LogP contribution is 2.19. The number of allylic oxidation sites excluding steroid dienone is 3. The van der Waals surface area contributed by atoms with Crippen LogP contribution in [0.1, 0.15) is 20.3 Å². The molecule has 2 aliphatic rings. The van der Waals surface area contributed by atoms with Crippen molar-refractivity contribution >= 4 is 17.7 Å². The Labute approximate surface area is 105 Å². The first-order valence-corrected chi connectivity index (χ1v) is 5.80. The van der Waals surface area contributed by atoms with E-state index in [1.807, 2.05) is 19.1 Å². The molecule has 0 fully saturated rings. The number of carboxylic acids is 1. The van der Waals surface area contributed by atoms with Gasteiger partial charge < -0.3 is 10.0 Å². The Bertz CT molecular complexity index is 479. The molecule has 1 atom stereocenters. The SMILES string of the molecule is CCC(C(=O)O)N1N=C2C=CC=C(C)N2CC1=O. The van der Waals surface area contributed by atoms with E-state index in [0.717, 1.165) is 10.7 Å². The van der Waals surface area contributed by atoms with Gasteiger partial charge in [-0.3, -0.25) is 4.79 Å². The van der Waals surface area contributed by atoms with Crippen molar-refractivity contribution in [3.05, 3.63) is 23.9 Å². The number of hydrazone groups is 1. The van der Waals surface area contributed by atoms with Crippen LogP contribution in [0.5, 0.6) is 0 Å². The Morgan fingerprint density at radius 3 is 2.94 bits per heavy atom. The van der Waals surface area contributed by atoms with E-state index in [2.05, 4.69) is 5.10 Å². The topological polar surface area (TPSA) is 73.2 Å². The minimum absolute atomic E-state index is 0.134. The van der Waals surface area contributed by atoms with Crippen molar-refractivity contribution in [1.82, 2.24) is 9.91 Å². The number of rotatable bonds is 3. The molecule has 6 nitrogen and oxygen atoms in total. The molecule has 6 heteroatoms. The first-order valence-electron chi connectivity index (χ1n) is 5.80. The average Bonchev–Trinajstić information content (AvgIpc) is 2.31. The molecule has 2 rings (SSSR count). The lowest BCUT2D eigenvalue weighted by Crippen LogP contribution is -2.51. The molecule has 0 saturated heterocycles. The molecule has 0 aliphatic carbocycles. The van der Waals surface area contributed by atoms with Gasteiger partial charge in [-0.15, -0.1) is 0 Å². The molecule has 0 aromatic heterocycles. The molecule has 0 radical (unpaired) electrons. The minimum atomic E-state index is -1.03. The van der Waals surface area contributed by atoms with Crippen molar-refractivity contribution in [2.24, 2.45) is 5.10 Å². The van der Waals surface area contributed by atoms with Crippen LogP contribution in [-0.4, -0.2) is 45.3 Å². The number of carboxylic acid groups (broad SMARTS) is 1. The summed E-state index contributed by atoms with van der Waals surface area (Å²) in [6, 6.07) is -0.897. The molecule has 1 amide bonds. The van der Waals surface area contributed by atoms with Gasteiger partial charge in [-0.1, -0.05) is 13.0 Å². The lowest BCUT2D eigenvalue weighted by molar-refractivity contribution is -0.151. The third kappa shape index (κ3) is 2.01. The average molecular weight is 249 g/mol. The highest BCUT2D eigenvalue weighted by atomic mass is 16.4. The van der Waals surface area contributed by atoms with Gasteiger partial charge in [0.1, 0.15) is 6.54 Å². The van der Waals surface area contributed by atoms with Crippen molar-refractivity contribution in [3.63, 3.8) is 0 Å². The summed E-state index contributed by atoms with van der Waals surface area (Å²) in [7, 11) is 0.